The van der Waals surface area contributed by atoms with E-state index in [4.69, 9.17) is 0 Å². The van der Waals surface area contributed by atoms with Crippen LogP contribution in [-0.2, 0) is 16.0 Å². The maximum atomic E-state index is 12.9. The molecule has 2 aliphatic carbocycles. The normalized spacial score (nSPS) is 32.5. The van der Waals surface area contributed by atoms with Gasteiger partial charge in [-0.2, -0.15) is 0 Å². The summed E-state index contributed by atoms with van der Waals surface area (Å²) in [5.74, 6) is -0.176. The Balaban J connectivity index is 1.69. The van der Waals surface area contributed by atoms with Crippen molar-refractivity contribution < 1.29 is 14.7 Å². The van der Waals surface area contributed by atoms with Crippen LogP contribution >= 0.6 is 0 Å². The van der Waals surface area contributed by atoms with Crippen LogP contribution in [0.1, 0.15) is 18.4 Å². The van der Waals surface area contributed by atoms with E-state index >= 15 is 0 Å². The van der Waals surface area contributed by atoms with Gasteiger partial charge in [0.05, 0.1) is 0 Å². The smallest absolute Gasteiger partial charge is 0.327 e. The van der Waals surface area contributed by atoms with Crippen molar-refractivity contribution in [2.75, 3.05) is 4.90 Å². The van der Waals surface area contributed by atoms with Crippen LogP contribution in [0.4, 0.5) is 5.69 Å². The minimum Gasteiger partial charge on any atom is -0.480 e. The van der Waals surface area contributed by atoms with Gasteiger partial charge in [-0.3, -0.25) is 9.69 Å². The second-order valence-electron chi connectivity index (χ2n) is 6.28. The van der Waals surface area contributed by atoms with Crippen LogP contribution in [0.15, 0.2) is 36.4 Å². The van der Waals surface area contributed by atoms with Gasteiger partial charge in [0, 0.05) is 18.0 Å². The lowest BCUT2D eigenvalue weighted by atomic mass is 9.92. The first-order valence-electron chi connectivity index (χ1n) is 7.47. The van der Waals surface area contributed by atoms with Gasteiger partial charge in [0.1, 0.15) is 6.04 Å². The van der Waals surface area contributed by atoms with Crippen molar-refractivity contribution >= 4 is 17.6 Å². The summed E-state index contributed by atoms with van der Waals surface area (Å²) < 4.78 is 0. The first-order valence-corrected chi connectivity index (χ1v) is 7.47. The van der Waals surface area contributed by atoms with Crippen LogP contribution in [-0.4, -0.2) is 23.0 Å². The molecule has 1 N–H and O–H groups in total. The van der Waals surface area contributed by atoms with E-state index in [9.17, 15) is 14.7 Å². The Morgan fingerprint density at radius 1 is 1.14 bits per heavy atom. The van der Waals surface area contributed by atoms with Crippen molar-refractivity contribution in [2.24, 2.45) is 17.8 Å². The topological polar surface area (TPSA) is 57.6 Å². The van der Waals surface area contributed by atoms with E-state index in [-0.39, 0.29) is 11.8 Å². The minimum absolute atomic E-state index is 0.01000. The molecule has 0 spiro atoms. The fourth-order valence-corrected chi connectivity index (χ4v) is 4.10. The maximum absolute atomic E-state index is 12.9. The number of anilines is 1. The summed E-state index contributed by atoms with van der Waals surface area (Å²) in [7, 11) is 0. The molecule has 1 fully saturated rings. The Morgan fingerprint density at radius 2 is 1.95 bits per heavy atom. The molecule has 0 aromatic heterocycles. The Kier molecular flexibility index (Phi) is 2.67. The molecule has 1 aliphatic heterocycles. The third-order valence-corrected chi connectivity index (χ3v) is 5.09. The lowest BCUT2D eigenvalue weighted by Gasteiger charge is -2.28. The Morgan fingerprint density at radius 3 is 2.62 bits per heavy atom. The monoisotopic (exact) mass is 283 g/mol. The average molecular weight is 283 g/mol. The van der Waals surface area contributed by atoms with Crippen molar-refractivity contribution in [3.05, 3.63) is 42.0 Å². The molecule has 0 saturated heterocycles. The second kappa shape index (κ2) is 4.45. The number of hydrogen-bond donors (Lipinski definition) is 1. The van der Waals surface area contributed by atoms with Gasteiger partial charge in [0.2, 0.25) is 5.91 Å². The van der Waals surface area contributed by atoms with Gasteiger partial charge in [-0.05, 0) is 36.3 Å². The molecule has 4 atom stereocenters. The number of para-hydroxylation sites is 1. The molecule has 4 heteroatoms. The van der Waals surface area contributed by atoms with Gasteiger partial charge in [-0.25, -0.2) is 4.79 Å². The summed E-state index contributed by atoms with van der Waals surface area (Å²) in [6.07, 6.45) is 6.65. The highest BCUT2D eigenvalue weighted by Crippen LogP contribution is 2.46. The molecule has 108 valence electrons. The number of fused-ring (bicyclic) bond motifs is 3. The standard InChI is InChI=1S/C17H17NO3/c19-16(13-8-10-5-6-11(13)7-10)18-14-4-2-1-3-12(14)9-15(18)17(20)21/h1-6,10-11,13,15H,7-9H2,(H,20,21). The van der Waals surface area contributed by atoms with Crippen LogP contribution in [0.3, 0.4) is 0 Å². The number of carboxylic acid groups (broad SMARTS) is 1. The fraction of sp³-hybridized carbons (Fsp3) is 0.412. The van der Waals surface area contributed by atoms with Crippen LogP contribution < -0.4 is 4.90 Å². The lowest BCUT2D eigenvalue weighted by molar-refractivity contribution is -0.140. The summed E-state index contributed by atoms with van der Waals surface area (Å²) in [5, 5.41) is 9.47. The van der Waals surface area contributed by atoms with E-state index in [0.717, 1.165) is 24.1 Å². The molecule has 1 saturated carbocycles. The molecule has 2 bridgehead atoms. The summed E-state index contributed by atoms with van der Waals surface area (Å²) in [6, 6.07) is 6.78. The highest BCUT2D eigenvalue weighted by Gasteiger charge is 2.46. The lowest BCUT2D eigenvalue weighted by Crippen LogP contribution is -2.46. The van der Waals surface area contributed by atoms with Gasteiger partial charge in [0.15, 0.2) is 0 Å². The van der Waals surface area contributed by atoms with Crippen molar-refractivity contribution in [1.29, 1.82) is 0 Å². The second-order valence-corrected chi connectivity index (χ2v) is 6.28. The number of carbonyl (C=O) groups excluding carboxylic acids is 1. The molecular weight excluding hydrogens is 266 g/mol. The van der Waals surface area contributed by atoms with E-state index < -0.39 is 12.0 Å². The van der Waals surface area contributed by atoms with Crippen molar-refractivity contribution in [2.45, 2.75) is 25.3 Å². The van der Waals surface area contributed by atoms with E-state index in [2.05, 4.69) is 12.2 Å². The predicted molar refractivity (Wildman–Crippen MR) is 77.9 cm³/mol. The average Bonchev–Trinajstić information content (AvgIpc) is 3.19. The molecule has 21 heavy (non-hydrogen) atoms. The SMILES string of the molecule is O=C(O)C1Cc2ccccc2N1C(=O)C1CC2C=CC1C2. The highest BCUT2D eigenvalue weighted by molar-refractivity contribution is 6.03. The number of amides is 1. The van der Waals surface area contributed by atoms with Crippen LogP contribution in [0, 0.1) is 17.8 Å². The molecule has 4 unspecified atom stereocenters. The number of carboxylic acids is 1. The van der Waals surface area contributed by atoms with Crippen molar-refractivity contribution in [3.8, 4) is 0 Å². The quantitative estimate of drug-likeness (QED) is 0.847. The minimum atomic E-state index is -0.918. The summed E-state index contributed by atoms with van der Waals surface area (Å²) in [6.45, 7) is 0. The number of carbonyl (C=O) groups is 2. The fourth-order valence-electron chi connectivity index (χ4n) is 4.10. The molecule has 0 radical (unpaired) electrons. The van der Waals surface area contributed by atoms with E-state index in [1.54, 1.807) is 0 Å². The number of rotatable bonds is 2. The molecule has 3 aliphatic rings. The number of hydrogen-bond acceptors (Lipinski definition) is 2. The van der Waals surface area contributed by atoms with E-state index in [0.29, 0.717) is 18.3 Å². The summed E-state index contributed by atoms with van der Waals surface area (Å²) in [5.41, 5.74) is 1.73. The Labute approximate surface area is 123 Å². The summed E-state index contributed by atoms with van der Waals surface area (Å²) in [4.78, 5) is 26.0. The number of nitrogens with zero attached hydrogens (tertiary/aromatic N) is 1. The van der Waals surface area contributed by atoms with E-state index in [1.165, 1.54) is 4.90 Å². The zero-order chi connectivity index (χ0) is 14.6. The first kappa shape index (κ1) is 12.6. The zero-order valence-electron chi connectivity index (χ0n) is 11.6. The molecule has 1 aromatic rings. The molecule has 4 nitrogen and oxygen atoms in total. The third kappa shape index (κ3) is 1.82. The Bertz CT molecular complexity index is 651. The molecule has 4 rings (SSSR count). The van der Waals surface area contributed by atoms with Crippen LogP contribution in [0.25, 0.3) is 0 Å². The van der Waals surface area contributed by atoms with Crippen LogP contribution in [0.5, 0.6) is 0 Å². The molecule has 1 heterocycles. The summed E-state index contributed by atoms with van der Waals surface area (Å²) >= 11 is 0. The molecular formula is C17H17NO3. The van der Waals surface area contributed by atoms with Crippen LogP contribution in [0.2, 0.25) is 0 Å². The molecule has 1 amide bonds. The predicted octanol–water partition coefficient (Wildman–Crippen LogP) is 2.24. The largest absolute Gasteiger partial charge is 0.480 e. The van der Waals surface area contributed by atoms with Crippen molar-refractivity contribution in [1.82, 2.24) is 0 Å². The van der Waals surface area contributed by atoms with Gasteiger partial charge in [0.25, 0.3) is 0 Å². The van der Waals surface area contributed by atoms with Gasteiger partial charge >= 0.3 is 5.97 Å². The highest BCUT2D eigenvalue weighted by atomic mass is 16.4. The van der Waals surface area contributed by atoms with Gasteiger partial charge in [-0.15, -0.1) is 0 Å². The number of aliphatic carboxylic acids is 1. The third-order valence-electron chi connectivity index (χ3n) is 5.09. The van der Waals surface area contributed by atoms with Crippen molar-refractivity contribution in [3.63, 3.8) is 0 Å². The van der Waals surface area contributed by atoms with E-state index in [1.807, 2.05) is 24.3 Å². The maximum Gasteiger partial charge on any atom is 0.327 e. The molecule has 1 aromatic carbocycles. The number of allylic oxidation sites excluding steroid dienone is 2. The first-order chi connectivity index (χ1) is 10.1. The number of benzene rings is 1. The zero-order valence-corrected chi connectivity index (χ0v) is 11.6. The van der Waals surface area contributed by atoms with Gasteiger partial charge in [-0.1, -0.05) is 30.4 Å². The van der Waals surface area contributed by atoms with Gasteiger partial charge < -0.3 is 5.11 Å². The Hall–Kier alpha value is -2.10.